The average Bonchev–Trinajstić information content (AvgIpc) is 2.89. The lowest BCUT2D eigenvalue weighted by Gasteiger charge is -2.30. The van der Waals surface area contributed by atoms with Crippen LogP contribution in [0.25, 0.3) is 0 Å². The summed E-state index contributed by atoms with van der Waals surface area (Å²) >= 11 is 2.00. The van der Waals surface area contributed by atoms with Crippen LogP contribution >= 0.6 is 11.8 Å². The fourth-order valence-electron chi connectivity index (χ4n) is 3.09. The lowest BCUT2D eigenvalue weighted by Crippen LogP contribution is -2.45. The van der Waals surface area contributed by atoms with E-state index in [0.717, 1.165) is 39.4 Å². The summed E-state index contributed by atoms with van der Waals surface area (Å²) in [4.78, 5) is 2.29. The smallest absolute Gasteiger partial charge is 0.0791 e. The summed E-state index contributed by atoms with van der Waals surface area (Å²) < 4.78 is 5.75. The molecule has 0 bridgehead atoms. The van der Waals surface area contributed by atoms with Crippen molar-refractivity contribution in [3.05, 3.63) is 0 Å². The molecule has 1 aliphatic carbocycles. The van der Waals surface area contributed by atoms with Crippen molar-refractivity contribution in [2.75, 3.05) is 52.2 Å². The lowest BCUT2D eigenvalue weighted by atomic mass is 10.1. The van der Waals surface area contributed by atoms with Gasteiger partial charge in [0.1, 0.15) is 0 Å². The first kappa shape index (κ1) is 15.6. The standard InChI is InChI=1S/C14H28N2O2S/c1-19-14(4-2-3-5-14)12-15-10-13(17)11-16-6-8-18-9-7-16/h13,15,17H,2-12H2,1H3. The van der Waals surface area contributed by atoms with E-state index in [9.17, 15) is 5.11 Å². The van der Waals surface area contributed by atoms with Gasteiger partial charge >= 0.3 is 0 Å². The first-order chi connectivity index (χ1) is 9.24. The summed E-state index contributed by atoms with van der Waals surface area (Å²) in [5, 5.41) is 13.6. The molecule has 0 aromatic rings. The molecule has 1 aliphatic heterocycles. The zero-order valence-corrected chi connectivity index (χ0v) is 12.9. The molecule has 1 unspecified atom stereocenters. The molecular formula is C14H28N2O2S. The van der Waals surface area contributed by atoms with E-state index in [0.29, 0.717) is 11.3 Å². The second-order valence-electron chi connectivity index (χ2n) is 5.79. The van der Waals surface area contributed by atoms with Gasteiger partial charge in [-0.3, -0.25) is 4.90 Å². The second kappa shape index (κ2) is 7.84. The molecule has 2 aliphatic rings. The predicted molar refractivity (Wildman–Crippen MR) is 80.8 cm³/mol. The Morgan fingerprint density at radius 2 is 2.00 bits per heavy atom. The Morgan fingerprint density at radius 3 is 2.63 bits per heavy atom. The van der Waals surface area contributed by atoms with Gasteiger partial charge in [-0.1, -0.05) is 12.8 Å². The van der Waals surface area contributed by atoms with Gasteiger partial charge in [-0.25, -0.2) is 0 Å². The van der Waals surface area contributed by atoms with Crippen molar-refractivity contribution in [1.82, 2.24) is 10.2 Å². The minimum absolute atomic E-state index is 0.265. The van der Waals surface area contributed by atoms with Gasteiger partial charge in [0.15, 0.2) is 0 Å². The monoisotopic (exact) mass is 288 g/mol. The molecule has 0 aromatic carbocycles. The van der Waals surface area contributed by atoms with E-state index >= 15 is 0 Å². The zero-order valence-electron chi connectivity index (χ0n) is 12.1. The van der Waals surface area contributed by atoms with Crippen LogP contribution in [-0.2, 0) is 4.74 Å². The molecule has 5 heteroatoms. The Balaban J connectivity index is 1.61. The molecular weight excluding hydrogens is 260 g/mol. The van der Waals surface area contributed by atoms with Gasteiger partial charge in [-0.05, 0) is 19.1 Å². The number of aliphatic hydroxyl groups excluding tert-OH is 1. The van der Waals surface area contributed by atoms with Gasteiger partial charge in [0.25, 0.3) is 0 Å². The van der Waals surface area contributed by atoms with Crippen LogP contribution in [0.1, 0.15) is 25.7 Å². The molecule has 1 heterocycles. The van der Waals surface area contributed by atoms with Crippen LogP contribution in [0.2, 0.25) is 0 Å². The van der Waals surface area contributed by atoms with Crippen LogP contribution in [0.3, 0.4) is 0 Å². The Morgan fingerprint density at radius 1 is 1.32 bits per heavy atom. The maximum atomic E-state index is 10.1. The van der Waals surface area contributed by atoms with E-state index in [2.05, 4.69) is 16.5 Å². The molecule has 0 amide bonds. The number of β-amino-alcohol motifs (C(OH)–C–C–N with tert-alkyl or cyclic N) is 1. The van der Waals surface area contributed by atoms with Gasteiger partial charge in [0.2, 0.25) is 0 Å². The molecule has 2 N–H and O–H groups in total. The largest absolute Gasteiger partial charge is 0.390 e. The summed E-state index contributed by atoms with van der Waals surface area (Å²) in [6, 6.07) is 0. The van der Waals surface area contributed by atoms with Crippen LogP contribution < -0.4 is 5.32 Å². The van der Waals surface area contributed by atoms with E-state index in [1.807, 2.05) is 11.8 Å². The normalized spacial score (nSPS) is 25.6. The number of rotatable bonds is 7. The minimum Gasteiger partial charge on any atom is -0.390 e. The van der Waals surface area contributed by atoms with Crippen molar-refractivity contribution in [2.24, 2.45) is 0 Å². The summed E-state index contributed by atoms with van der Waals surface area (Å²) in [5.74, 6) is 0. The van der Waals surface area contributed by atoms with E-state index < -0.39 is 0 Å². The predicted octanol–water partition coefficient (Wildman–Crippen LogP) is 0.945. The molecule has 112 valence electrons. The molecule has 2 rings (SSSR count). The fraction of sp³-hybridized carbons (Fsp3) is 1.00. The van der Waals surface area contributed by atoms with E-state index in [1.165, 1.54) is 25.7 Å². The molecule has 1 atom stereocenters. The van der Waals surface area contributed by atoms with Gasteiger partial charge < -0.3 is 15.2 Å². The maximum absolute atomic E-state index is 10.1. The Hall–Kier alpha value is 0.190. The van der Waals surface area contributed by atoms with Crippen LogP contribution in [0.15, 0.2) is 0 Å². The molecule has 0 spiro atoms. The third-order valence-corrected chi connectivity index (χ3v) is 5.77. The third-order valence-electron chi connectivity index (χ3n) is 4.35. The molecule has 19 heavy (non-hydrogen) atoms. The molecule has 1 saturated carbocycles. The van der Waals surface area contributed by atoms with Crippen LogP contribution in [0.4, 0.5) is 0 Å². The van der Waals surface area contributed by atoms with Crippen LogP contribution in [0, 0.1) is 0 Å². The van der Waals surface area contributed by atoms with Crippen molar-refractivity contribution in [3.8, 4) is 0 Å². The number of aliphatic hydroxyl groups is 1. The highest BCUT2D eigenvalue weighted by atomic mass is 32.2. The van der Waals surface area contributed by atoms with Crippen molar-refractivity contribution in [1.29, 1.82) is 0 Å². The van der Waals surface area contributed by atoms with Gasteiger partial charge in [0, 0.05) is 37.5 Å². The topological polar surface area (TPSA) is 44.7 Å². The quantitative estimate of drug-likeness (QED) is 0.730. The number of hydrogen-bond donors (Lipinski definition) is 2. The maximum Gasteiger partial charge on any atom is 0.0791 e. The fourth-order valence-corrected chi connectivity index (χ4v) is 4.03. The minimum atomic E-state index is -0.265. The number of hydrogen-bond acceptors (Lipinski definition) is 5. The first-order valence-electron chi connectivity index (χ1n) is 7.48. The number of ether oxygens (including phenoxy) is 1. The highest BCUT2D eigenvalue weighted by molar-refractivity contribution is 8.00. The van der Waals surface area contributed by atoms with Gasteiger partial charge in [-0.2, -0.15) is 11.8 Å². The van der Waals surface area contributed by atoms with Crippen LogP contribution in [0.5, 0.6) is 0 Å². The average molecular weight is 288 g/mol. The summed E-state index contributed by atoms with van der Waals surface area (Å²) in [7, 11) is 0. The van der Waals surface area contributed by atoms with Gasteiger partial charge in [0.05, 0.1) is 19.3 Å². The second-order valence-corrected chi connectivity index (χ2v) is 7.07. The number of morpholine rings is 1. The zero-order chi connectivity index (χ0) is 13.6. The summed E-state index contributed by atoms with van der Waals surface area (Å²) in [5.41, 5.74) is 0. The highest BCUT2D eigenvalue weighted by Crippen LogP contribution is 2.39. The van der Waals surface area contributed by atoms with Crippen molar-refractivity contribution >= 4 is 11.8 Å². The van der Waals surface area contributed by atoms with E-state index in [-0.39, 0.29) is 6.10 Å². The molecule has 4 nitrogen and oxygen atoms in total. The lowest BCUT2D eigenvalue weighted by molar-refractivity contribution is 0.0149. The van der Waals surface area contributed by atoms with E-state index in [4.69, 9.17) is 4.74 Å². The number of nitrogens with one attached hydrogen (secondary N) is 1. The third kappa shape index (κ3) is 4.90. The van der Waals surface area contributed by atoms with Crippen molar-refractivity contribution < 1.29 is 9.84 Å². The van der Waals surface area contributed by atoms with Crippen LogP contribution in [-0.4, -0.2) is 73.1 Å². The molecule has 1 saturated heterocycles. The van der Waals surface area contributed by atoms with Crippen molar-refractivity contribution in [2.45, 2.75) is 36.5 Å². The Labute approximate surface area is 121 Å². The molecule has 2 fully saturated rings. The summed E-state index contributed by atoms with van der Waals surface area (Å²) in [6.07, 6.45) is 7.31. The Bertz CT molecular complexity index is 254. The molecule has 0 radical (unpaired) electrons. The van der Waals surface area contributed by atoms with E-state index in [1.54, 1.807) is 0 Å². The number of thioether (sulfide) groups is 1. The van der Waals surface area contributed by atoms with Crippen molar-refractivity contribution in [3.63, 3.8) is 0 Å². The number of nitrogens with zero attached hydrogens (tertiary/aromatic N) is 1. The first-order valence-corrected chi connectivity index (χ1v) is 8.71. The Kier molecular flexibility index (Phi) is 6.42. The van der Waals surface area contributed by atoms with Gasteiger partial charge in [-0.15, -0.1) is 0 Å². The molecule has 0 aromatic heterocycles. The highest BCUT2D eigenvalue weighted by Gasteiger charge is 2.32. The SMILES string of the molecule is CSC1(CNCC(O)CN2CCOCC2)CCCC1. The summed E-state index contributed by atoms with van der Waals surface area (Å²) in [6.45, 7) is 6.01.